The van der Waals surface area contributed by atoms with E-state index in [2.05, 4.69) is 22.3 Å². The van der Waals surface area contributed by atoms with Crippen molar-refractivity contribution in [3.63, 3.8) is 0 Å². The minimum atomic E-state index is -2.96. The number of primary amides is 1. The van der Waals surface area contributed by atoms with E-state index in [1.54, 1.807) is 10.9 Å². The maximum Gasteiger partial charge on any atom is 0.272 e. The highest BCUT2D eigenvalue weighted by Crippen LogP contribution is 2.34. The fourth-order valence-corrected chi connectivity index (χ4v) is 3.54. The Hall–Kier alpha value is -2.55. The minimum Gasteiger partial charge on any atom is -0.378 e. The topological polar surface area (TPSA) is 106 Å². The van der Waals surface area contributed by atoms with Crippen LogP contribution in [0.2, 0.25) is 0 Å². The van der Waals surface area contributed by atoms with E-state index in [-0.39, 0.29) is 17.3 Å². The Kier molecular flexibility index (Phi) is 5.64. The number of hydrogen-bond donors (Lipinski definition) is 3. The molecule has 0 aliphatic heterocycles. The summed E-state index contributed by atoms with van der Waals surface area (Å²) in [7, 11) is 0. The van der Waals surface area contributed by atoms with Crippen molar-refractivity contribution in [2.45, 2.75) is 57.6 Å². The van der Waals surface area contributed by atoms with Gasteiger partial charge in [0.25, 0.3) is 12.3 Å². The first kappa shape index (κ1) is 20.2. The molecule has 2 aromatic rings. The number of aromatic nitrogens is 3. The number of carbonyl (C=O) groups is 1. The van der Waals surface area contributed by atoms with Gasteiger partial charge in [0, 0.05) is 6.20 Å². The molecular weight excluding hydrogens is 368 g/mol. The first-order valence-electron chi connectivity index (χ1n) is 9.33. The van der Waals surface area contributed by atoms with E-state index in [9.17, 15) is 18.7 Å². The molecule has 0 spiro atoms. The molecule has 28 heavy (non-hydrogen) atoms. The summed E-state index contributed by atoms with van der Waals surface area (Å²) in [5.41, 5.74) is 3.70. The maximum atomic E-state index is 12.9. The fourth-order valence-electron chi connectivity index (χ4n) is 3.54. The van der Waals surface area contributed by atoms with Crippen LogP contribution < -0.4 is 11.1 Å². The summed E-state index contributed by atoms with van der Waals surface area (Å²) >= 11 is 0. The average Bonchev–Trinajstić information content (AvgIpc) is 3.06. The van der Waals surface area contributed by atoms with Crippen LogP contribution in [0, 0.1) is 5.92 Å². The molecule has 3 atom stereocenters. The van der Waals surface area contributed by atoms with Crippen LogP contribution in [0.4, 0.5) is 20.3 Å². The van der Waals surface area contributed by atoms with Crippen LogP contribution in [0.15, 0.2) is 24.5 Å². The van der Waals surface area contributed by atoms with Gasteiger partial charge in [-0.05, 0) is 37.8 Å². The molecule has 1 saturated carbocycles. The van der Waals surface area contributed by atoms with Gasteiger partial charge >= 0.3 is 0 Å². The van der Waals surface area contributed by atoms with Crippen molar-refractivity contribution in [3.05, 3.63) is 35.8 Å². The quantitative estimate of drug-likeness (QED) is 0.698. The highest BCUT2D eigenvalue weighted by atomic mass is 19.3. The van der Waals surface area contributed by atoms with Crippen molar-refractivity contribution in [3.8, 4) is 0 Å². The zero-order valence-electron chi connectivity index (χ0n) is 15.9. The molecular formula is C19H25F2N5O2. The van der Waals surface area contributed by atoms with Crippen molar-refractivity contribution in [1.29, 1.82) is 0 Å². The standard InChI is InChI=1S/C19H25F2N5O2/c1-11-5-3-4-6-14(11)26-10-13(16(22)27)17(25-26)24-12-7-8-15(23-9-12)19(2,28)18(20)21/h7-11,14,18,28H,3-6H2,1-2H3,(H2,22,27)(H,24,25)/t11-,14-,19-/m0/s1. The smallest absolute Gasteiger partial charge is 0.272 e. The summed E-state index contributed by atoms with van der Waals surface area (Å²) in [6.45, 7) is 3.17. The zero-order chi connectivity index (χ0) is 20.5. The van der Waals surface area contributed by atoms with Gasteiger partial charge in [-0.15, -0.1) is 0 Å². The summed E-state index contributed by atoms with van der Waals surface area (Å²) in [4.78, 5) is 15.8. The number of amides is 1. The number of carbonyl (C=O) groups excluding carboxylic acids is 1. The van der Waals surface area contributed by atoms with E-state index in [4.69, 9.17) is 5.73 Å². The number of aliphatic hydroxyl groups is 1. The van der Waals surface area contributed by atoms with Crippen molar-refractivity contribution >= 4 is 17.4 Å². The van der Waals surface area contributed by atoms with Gasteiger partial charge in [0.2, 0.25) is 0 Å². The molecule has 1 amide bonds. The number of alkyl halides is 2. The predicted molar refractivity (Wildman–Crippen MR) is 101 cm³/mol. The third-order valence-electron chi connectivity index (χ3n) is 5.37. The SMILES string of the molecule is C[C@H]1CCCC[C@@H]1n1cc(C(N)=O)c(Nc2ccc([C@](C)(O)C(F)F)nc2)n1. The number of nitrogens with two attached hydrogens (primary N) is 1. The summed E-state index contributed by atoms with van der Waals surface area (Å²) in [5, 5.41) is 17.3. The molecule has 1 fully saturated rings. The molecule has 1 aliphatic rings. The zero-order valence-corrected chi connectivity index (χ0v) is 15.9. The van der Waals surface area contributed by atoms with Gasteiger partial charge in [0.15, 0.2) is 11.4 Å². The first-order valence-corrected chi connectivity index (χ1v) is 9.33. The lowest BCUT2D eigenvalue weighted by Gasteiger charge is -2.28. The fraction of sp³-hybridized carbons (Fsp3) is 0.526. The summed E-state index contributed by atoms with van der Waals surface area (Å²) in [6.07, 6.45) is 4.38. The highest BCUT2D eigenvalue weighted by molar-refractivity contribution is 5.98. The molecule has 0 radical (unpaired) electrons. The Morgan fingerprint density at radius 2 is 2.11 bits per heavy atom. The second kappa shape index (κ2) is 7.83. The number of nitrogens with one attached hydrogen (secondary N) is 1. The van der Waals surface area contributed by atoms with Crippen molar-refractivity contribution in [2.75, 3.05) is 5.32 Å². The van der Waals surface area contributed by atoms with Gasteiger partial charge in [-0.25, -0.2) is 8.78 Å². The van der Waals surface area contributed by atoms with Crippen LogP contribution in [0.1, 0.15) is 61.6 Å². The van der Waals surface area contributed by atoms with Crippen molar-refractivity contribution in [1.82, 2.24) is 14.8 Å². The molecule has 0 unspecified atom stereocenters. The van der Waals surface area contributed by atoms with Crippen LogP contribution in [-0.2, 0) is 5.60 Å². The van der Waals surface area contributed by atoms with Crippen LogP contribution in [0.3, 0.4) is 0 Å². The number of halogens is 2. The molecule has 2 aromatic heterocycles. The Bertz CT molecular complexity index is 835. The Balaban J connectivity index is 1.84. The maximum absolute atomic E-state index is 12.9. The van der Waals surface area contributed by atoms with Crippen LogP contribution in [-0.4, -0.2) is 32.2 Å². The van der Waals surface area contributed by atoms with Crippen molar-refractivity contribution in [2.24, 2.45) is 11.7 Å². The molecule has 9 heteroatoms. The monoisotopic (exact) mass is 393 g/mol. The number of anilines is 2. The lowest BCUT2D eigenvalue weighted by molar-refractivity contribution is -0.0910. The summed E-state index contributed by atoms with van der Waals surface area (Å²) in [5.74, 6) is 0.127. The first-order chi connectivity index (χ1) is 13.2. The van der Waals surface area contributed by atoms with Crippen LogP contribution in [0.25, 0.3) is 0 Å². The van der Waals surface area contributed by atoms with Gasteiger partial charge in [-0.3, -0.25) is 14.5 Å². The molecule has 0 saturated heterocycles. The summed E-state index contributed by atoms with van der Waals surface area (Å²) in [6, 6.07) is 2.99. The van der Waals surface area contributed by atoms with Gasteiger partial charge in [-0.2, -0.15) is 5.10 Å². The number of pyridine rings is 1. The largest absolute Gasteiger partial charge is 0.378 e. The molecule has 152 valence electrons. The average molecular weight is 393 g/mol. The highest BCUT2D eigenvalue weighted by Gasteiger charge is 2.35. The molecule has 0 aromatic carbocycles. The van der Waals surface area contributed by atoms with Crippen molar-refractivity contribution < 1.29 is 18.7 Å². The van der Waals surface area contributed by atoms with E-state index in [0.29, 0.717) is 17.4 Å². The van der Waals surface area contributed by atoms with E-state index in [1.807, 2.05) is 0 Å². The third kappa shape index (κ3) is 3.99. The lowest BCUT2D eigenvalue weighted by atomic mass is 9.86. The molecule has 0 bridgehead atoms. The number of hydrogen-bond acceptors (Lipinski definition) is 5. The molecule has 1 aliphatic carbocycles. The minimum absolute atomic E-state index is 0.148. The molecule has 7 nitrogen and oxygen atoms in total. The van der Waals surface area contributed by atoms with Crippen LogP contribution in [0.5, 0.6) is 0 Å². The second-order valence-electron chi connectivity index (χ2n) is 7.57. The number of nitrogens with zero attached hydrogens (tertiary/aromatic N) is 3. The van der Waals surface area contributed by atoms with E-state index >= 15 is 0 Å². The van der Waals surface area contributed by atoms with E-state index in [0.717, 1.165) is 26.2 Å². The van der Waals surface area contributed by atoms with Gasteiger partial charge in [-0.1, -0.05) is 19.8 Å². The molecule has 3 rings (SSSR count). The predicted octanol–water partition coefficient (Wildman–Crippen LogP) is 3.34. The third-order valence-corrected chi connectivity index (χ3v) is 5.37. The normalized spacial score (nSPS) is 22.1. The number of rotatable bonds is 6. The lowest BCUT2D eigenvalue weighted by Crippen LogP contribution is -2.31. The second-order valence-corrected chi connectivity index (χ2v) is 7.57. The van der Waals surface area contributed by atoms with Gasteiger partial charge < -0.3 is 16.2 Å². The van der Waals surface area contributed by atoms with Gasteiger partial charge in [0.05, 0.1) is 23.6 Å². The van der Waals surface area contributed by atoms with Crippen LogP contribution >= 0.6 is 0 Å². The Labute approximate surface area is 162 Å². The van der Waals surface area contributed by atoms with Gasteiger partial charge in [0.1, 0.15) is 5.56 Å². The van der Waals surface area contributed by atoms with E-state index in [1.165, 1.54) is 24.8 Å². The Morgan fingerprint density at radius 3 is 2.68 bits per heavy atom. The van der Waals surface area contributed by atoms with E-state index < -0.39 is 17.9 Å². The molecule has 2 heterocycles. The Morgan fingerprint density at radius 1 is 1.39 bits per heavy atom. The molecule has 4 N–H and O–H groups in total. The summed E-state index contributed by atoms with van der Waals surface area (Å²) < 4.78 is 27.6.